The van der Waals surface area contributed by atoms with E-state index in [4.69, 9.17) is 2.74 Å². The predicted molar refractivity (Wildman–Crippen MR) is 291 cm³/mol. The SMILES string of the molecule is [2H]c1c([2H])c([2H])c2c(c1[2H])c1cc(C(C)(C)C)ccc1n2-c1cc2c3c(c1)N(c1c(-c4ccccc4)cccc1-c1ccccc1)c1ccc(-c4ccccc4)cc1B3c1cc(-c3ccccc3)ccc1S2. The first-order valence-electron chi connectivity index (χ1n) is 25.4. The van der Waals surface area contributed by atoms with Crippen LogP contribution in [0, 0.1) is 0 Å². The van der Waals surface area contributed by atoms with Crippen LogP contribution in [0.2, 0.25) is 0 Å². The van der Waals surface area contributed by atoms with E-state index in [2.05, 4.69) is 236 Å². The third-order valence-electron chi connectivity index (χ3n) is 13.9. The molecule has 0 spiro atoms. The van der Waals surface area contributed by atoms with Gasteiger partial charge >= 0.3 is 0 Å². The molecule has 0 saturated heterocycles. The molecular formula is C64H47BN2S. The van der Waals surface area contributed by atoms with Gasteiger partial charge in [-0.3, -0.25) is 0 Å². The summed E-state index contributed by atoms with van der Waals surface area (Å²) in [7, 11) is 0. The second-order valence-electron chi connectivity index (χ2n) is 19.0. The molecule has 13 rings (SSSR count). The summed E-state index contributed by atoms with van der Waals surface area (Å²) >= 11 is 1.78. The maximum Gasteiger partial charge on any atom is 0.249 e. The summed E-state index contributed by atoms with van der Waals surface area (Å²) in [6.45, 7) is 6.37. The smallest absolute Gasteiger partial charge is 0.249 e. The molecule has 0 aliphatic carbocycles. The lowest BCUT2D eigenvalue weighted by molar-refractivity contribution is 0.591. The monoisotopic (exact) mass is 890 g/mol. The Labute approximate surface area is 408 Å². The van der Waals surface area contributed by atoms with Gasteiger partial charge < -0.3 is 9.47 Å². The third kappa shape index (κ3) is 6.58. The molecule has 0 atom stereocenters. The molecular weight excluding hydrogens is 840 g/mol. The zero-order valence-corrected chi connectivity index (χ0v) is 38.8. The van der Waals surface area contributed by atoms with Crippen molar-refractivity contribution in [3.63, 3.8) is 0 Å². The van der Waals surface area contributed by atoms with Gasteiger partial charge in [-0.05, 0) is 97.7 Å². The van der Waals surface area contributed by atoms with Crippen LogP contribution in [-0.2, 0) is 5.41 Å². The van der Waals surface area contributed by atoms with Crippen LogP contribution in [0.3, 0.4) is 0 Å². The average molecular weight is 891 g/mol. The number of hydrogen-bond acceptors (Lipinski definition) is 2. The number of benzene rings is 10. The molecule has 2 nitrogen and oxygen atoms in total. The summed E-state index contributed by atoms with van der Waals surface area (Å²) in [5.74, 6) is 0. The molecule has 68 heavy (non-hydrogen) atoms. The highest BCUT2D eigenvalue weighted by atomic mass is 32.2. The van der Waals surface area contributed by atoms with E-state index >= 15 is 0 Å². The van der Waals surface area contributed by atoms with Crippen molar-refractivity contribution < 1.29 is 5.48 Å². The number of para-hydroxylation sites is 2. The van der Waals surface area contributed by atoms with Crippen LogP contribution in [-0.4, -0.2) is 11.3 Å². The van der Waals surface area contributed by atoms with Gasteiger partial charge in [0.15, 0.2) is 0 Å². The van der Waals surface area contributed by atoms with Crippen molar-refractivity contribution in [3.8, 4) is 50.2 Å². The number of aromatic nitrogens is 1. The largest absolute Gasteiger partial charge is 0.310 e. The average Bonchev–Trinajstić information content (AvgIpc) is 3.77. The van der Waals surface area contributed by atoms with E-state index < -0.39 is 0 Å². The molecule has 322 valence electrons. The van der Waals surface area contributed by atoms with Crippen molar-refractivity contribution in [2.45, 2.75) is 36.0 Å². The Morgan fingerprint density at radius 1 is 0.456 bits per heavy atom. The van der Waals surface area contributed by atoms with Crippen LogP contribution in [0.5, 0.6) is 0 Å². The van der Waals surface area contributed by atoms with Crippen molar-refractivity contribution in [1.29, 1.82) is 0 Å². The molecule has 0 saturated carbocycles. The zero-order valence-electron chi connectivity index (χ0n) is 42.0. The molecule has 0 amide bonds. The number of hydrogen-bond donors (Lipinski definition) is 0. The van der Waals surface area contributed by atoms with E-state index in [0.29, 0.717) is 10.9 Å². The molecule has 2 aliphatic rings. The topological polar surface area (TPSA) is 8.17 Å². The Hall–Kier alpha value is -7.79. The van der Waals surface area contributed by atoms with Gasteiger partial charge in [-0.25, -0.2) is 0 Å². The Morgan fingerprint density at radius 2 is 1.04 bits per heavy atom. The number of fused-ring (bicyclic) bond motifs is 7. The Kier molecular flexibility index (Phi) is 8.52. The lowest BCUT2D eigenvalue weighted by atomic mass is 9.34. The summed E-state index contributed by atoms with van der Waals surface area (Å²) in [5.41, 5.74) is 18.8. The second-order valence-corrected chi connectivity index (χ2v) is 20.1. The summed E-state index contributed by atoms with van der Waals surface area (Å²) < 4.78 is 39.1. The summed E-state index contributed by atoms with van der Waals surface area (Å²) in [6, 6.07) is 73.6. The maximum absolute atomic E-state index is 9.62. The van der Waals surface area contributed by atoms with E-state index in [1.54, 1.807) is 11.8 Å². The van der Waals surface area contributed by atoms with Gasteiger partial charge in [0.05, 0.1) is 22.2 Å². The zero-order chi connectivity index (χ0) is 49.0. The first-order valence-corrected chi connectivity index (χ1v) is 24.2. The fourth-order valence-corrected chi connectivity index (χ4v) is 11.9. The van der Waals surface area contributed by atoms with E-state index in [9.17, 15) is 2.74 Å². The molecule has 2 aliphatic heterocycles. The van der Waals surface area contributed by atoms with Crippen LogP contribution in [0.15, 0.2) is 240 Å². The van der Waals surface area contributed by atoms with Crippen molar-refractivity contribution in [2.75, 3.05) is 4.90 Å². The molecule has 0 unspecified atom stereocenters. The Bertz CT molecular complexity index is 3930. The van der Waals surface area contributed by atoms with Gasteiger partial charge in [-0.15, -0.1) is 0 Å². The van der Waals surface area contributed by atoms with Gasteiger partial charge in [0.25, 0.3) is 0 Å². The Balaban J connectivity index is 1.19. The van der Waals surface area contributed by atoms with Gasteiger partial charge in [0.2, 0.25) is 6.71 Å². The fraction of sp³-hybridized carbons (Fsp3) is 0.0625. The van der Waals surface area contributed by atoms with Crippen LogP contribution < -0.4 is 21.3 Å². The van der Waals surface area contributed by atoms with Gasteiger partial charge in [0.1, 0.15) is 0 Å². The standard InChI is InChI=1S/C64H47BN2S/c1-64(2,3)48-33-35-57-53(39-48)52-27-16-17-30-56(52)66(57)49-40-59-62-61(41-49)68-60-36-32-47(43-21-10-5-11-22-43)38-55(60)65(62)54-37-46(42-19-8-4-9-20-42)31-34-58(54)67(59)63-50(44-23-12-6-13-24-44)28-18-29-51(63)45-25-14-7-15-26-45/h4-41H,1-3H3/i16D,17D,27D,30D. The lowest BCUT2D eigenvalue weighted by Gasteiger charge is -2.42. The molecule has 11 aromatic rings. The lowest BCUT2D eigenvalue weighted by Crippen LogP contribution is -2.60. The molecule has 0 fully saturated rings. The molecule has 0 radical (unpaired) electrons. The minimum atomic E-state index is -0.251. The van der Waals surface area contributed by atoms with Gasteiger partial charge in [-0.1, -0.05) is 226 Å². The highest BCUT2D eigenvalue weighted by Crippen LogP contribution is 2.50. The Morgan fingerprint density at radius 3 is 1.68 bits per heavy atom. The summed E-state index contributed by atoms with van der Waals surface area (Å²) in [4.78, 5) is 4.77. The van der Waals surface area contributed by atoms with Crippen LogP contribution in [0.1, 0.15) is 31.8 Å². The van der Waals surface area contributed by atoms with Crippen molar-refractivity contribution in [3.05, 3.63) is 236 Å². The first-order chi connectivity index (χ1) is 35.0. The number of anilines is 3. The van der Waals surface area contributed by atoms with Gasteiger partial charge in [-0.2, -0.15) is 0 Å². The third-order valence-corrected chi connectivity index (χ3v) is 15.1. The number of rotatable bonds is 6. The fourth-order valence-electron chi connectivity index (χ4n) is 10.7. The van der Waals surface area contributed by atoms with E-state index in [1.165, 1.54) is 21.3 Å². The number of nitrogens with zero attached hydrogens (tertiary/aromatic N) is 2. The maximum atomic E-state index is 9.62. The minimum absolute atomic E-state index is 0.0354. The van der Waals surface area contributed by atoms with E-state index in [0.717, 1.165) is 88.6 Å². The van der Waals surface area contributed by atoms with Crippen LogP contribution in [0.25, 0.3) is 72.0 Å². The highest BCUT2D eigenvalue weighted by molar-refractivity contribution is 8.00. The van der Waals surface area contributed by atoms with Crippen molar-refractivity contribution in [1.82, 2.24) is 4.57 Å². The summed E-state index contributed by atoms with van der Waals surface area (Å²) in [6.07, 6.45) is 0. The molecule has 0 bridgehead atoms. The van der Waals surface area contributed by atoms with Crippen molar-refractivity contribution in [2.24, 2.45) is 0 Å². The quantitative estimate of drug-likeness (QED) is 0.154. The van der Waals surface area contributed by atoms with E-state index in [-0.39, 0.29) is 36.3 Å². The normalized spacial score (nSPS) is 13.6. The van der Waals surface area contributed by atoms with E-state index in [1.807, 2.05) is 0 Å². The minimum Gasteiger partial charge on any atom is -0.310 e. The summed E-state index contributed by atoms with van der Waals surface area (Å²) in [5, 5.41) is 1.32. The first kappa shape index (κ1) is 36.3. The predicted octanol–water partition coefficient (Wildman–Crippen LogP) is 15.5. The van der Waals surface area contributed by atoms with Crippen LogP contribution in [0.4, 0.5) is 17.1 Å². The molecule has 0 N–H and O–H groups in total. The highest BCUT2D eigenvalue weighted by Gasteiger charge is 2.43. The molecule has 3 heterocycles. The van der Waals surface area contributed by atoms with Gasteiger partial charge in [0, 0.05) is 48.8 Å². The van der Waals surface area contributed by atoms with Crippen molar-refractivity contribution >= 4 is 73.7 Å². The molecule has 4 heteroatoms. The second kappa shape index (κ2) is 15.9. The molecule has 10 aromatic carbocycles. The van der Waals surface area contributed by atoms with Crippen LogP contribution >= 0.6 is 11.8 Å². The molecule has 1 aromatic heterocycles.